The van der Waals surface area contributed by atoms with Crippen LogP contribution in [0.4, 0.5) is 0 Å². The third-order valence-electron chi connectivity index (χ3n) is 4.87. The van der Waals surface area contributed by atoms with Gasteiger partial charge in [-0.3, -0.25) is 0 Å². The molecule has 3 atom stereocenters. The maximum atomic E-state index is 10.1. The van der Waals surface area contributed by atoms with Crippen LogP contribution < -0.4 is 4.74 Å². The van der Waals surface area contributed by atoms with E-state index in [1.54, 1.807) is 0 Å². The van der Waals surface area contributed by atoms with E-state index in [0.717, 1.165) is 44.2 Å². The molecule has 1 fully saturated rings. The molecule has 3 unspecified atom stereocenters. The smallest absolute Gasteiger partial charge is 0.202 e. The first-order valence-electron chi connectivity index (χ1n) is 10.4. The molecule has 0 bridgehead atoms. The second kappa shape index (κ2) is 13.7. The van der Waals surface area contributed by atoms with E-state index in [1.165, 1.54) is 11.1 Å². The van der Waals surface area contributed by atoms with Gasteiger partial charge < -0.3 is 29.7 Å². The fourth-order valence-corrected chi connectivity index (χ4v) is 3.42. The SMILES string of the molecule is CCC/C=C(/CCN(C)C)c1c(C)cccc1OC1CC(O)CC(CO)O1.CO. The molecule has 1 heterocycles. The number of benzene rings is 1. The average Bonchev–Trinajstić information content (AvgIpc) is 2.70. The molecule has 1 aromatic carbocycles. The van der Waals surface area contributed by atoms with Crippen LogP contribution in [-0.2, 0) is 4.74 Å². The minimum Gasteiger partial charge on any atom is -0.464 e. The van der Waals surface area contributed by atoms with E-state index >= 15 is 0 Å². The summed E-state index contributed by atoms with van der Waals surface area (Å²) in [6.45, 7) is 5.14. The van der Waals surface area contributed by atoms with Crippen LogP contribution in [-0.4, -0.2) is 73.1 Å². The van der Waals surface area contributed by atoms with Gasteiger partial charge in [0.25, 0.3) is 0 Å². The van der Waals surface area contributed by atoms with E-state index in [-0.39, 0.29) is 12.7 Å². The Balaban J connectivity index is 0.00000204. The van der Waals surface area contributed by atoms with Crippen LogP contribution >= 0.6 is 0 Å². The van der Waals surface area contributed by atoms with Gasteiger partial charge in [0.1, 0.15) is 5.75 Å². The van der Waals surface area contributed by atoms with Gasteiger partial charge in [0.05, 0.1) is 18.8 Å². The van der Waals surface area contributed by atoms with Crippen LogP contribution in [0, 0.1) is 6.92 Å². The lowest BCUT2D eigenvalue weighted by Crippen LogP contribution is -2.40. The highest BCUT2D eigenvalue weighted by molar-refractivity contribution is 5.73. The summed E-state index contributed by atoms with van der Waals surface area (Å²) in [5.41, 5.74) is 3.58. The first-order valence-corrected chi connectivity index (χ1v) is 10.4. The highest BCUT2D eigenvalue weighted by Crippen LogP contribution is 2.34. The number of unbranched alkanes of at least 4 members (excludes halogenated alkanes) is 1. The molecule has 1 aromatic rings. The van der Waals surface area contributed by atoms with Crippen LogP contribution in [0.25, 0.3) is 5.57 Å². The molecule has 6 heteroatoms. The number of aliphatic hydroxyl groups excluding tert-OH is 3. The summed E-state index contributed by atoms with van der Waals surface area (Å²) >= 11 is 0. The fourth-order valence-electron chi connectivity index (χ4n) is 3.42. The van der Waals surface area contributed by atoms with Crippen molar-refractivity contribution < 1.29 is 24.8 Å². The summed E-state index contributed by atoms with van der Waals surface area (Å²) in [4.78, 5) is 2.19. The molecule has 0 spiro atoms. The van der Waals surface area contributed by atoms with E-state index in [2.05, 4.69) is 45.0 Å². The van der Waals surface area contributed by atoms with Gasteiger partial charge in [-0.05, 0) is 51.1 Å². The lowest BCUT2D eigenvalue weighted by molar-refractivity contribution is -0.184. The molecule has 0 aromatic heterocycles. The lowest BCUT2D eigenvalue weighted by Gasteiger charge is -2.33. The van der Waals surface area contributed by atoms with Crippen LogP contribution in [0.3, 0.4) is 0 Å². The number of aliphatic hydroxyl groups is 3. The lowest BCUT2D eigenvalue weighted by atomic mass is 9.95. The molecule has 6 nitrogen and oxygen atoms in total. The zero-order chi connectivity index (χ0) is 21.8. The van der Waals surface area contributed by atoms with Crippen molar-refractivity contribution in [2.45, 2.75) is 64.4 Å². The molecule has 29 heavy (non-hydrogen) atoms. The van der Waals surface area contributed by atoms with Crippen molar-refractivity contribution in [3.63, 3.8) is 0 Å². The summed E-state index contributed by atoms with van der Waals surface area (Å²) in [6.07, 6.45) is 4.80. The van der Waals surface area contributed by atoms with Crippen LogP contribution in [0.5, 0.6) is 5.75 Å². The quantitative estimate of drug-likeness (QED) is 0.582. The van der Waals surface area contributed by atoms with Gasteiger partial charge in [0, 0.05) is 32.1 Å². The monoisotopic (exact) mass is 409 g/mol. The third-order valence-corrected chi connectivity index (χ3v) is 4.87. The summed E-state index contributed by atoms with van der Waals surface area (Å²) < 4.78 is 12.0. The maximum Gasteiger partial charge on any atom is 0.202 e. The van der Waals surface area contributed by atoms with Crippen LogP contribution in [0.15, 0.2) is 24.3 Å². The summed E-state index contributed by atoms with van der Waals surface area (Å²) in [7, 11) is 5.16. The van der Waals surface area contributed by atoms with Gasteiger partial charge in [-0.15, -0.1) is 0 Å². The maximum absolute atomic E-state index is 10.1. The van der Waals surface area contributed by atoms with E-state index in [4.69, 9.17) is 14.6 Å². The summed E-state index contributed by atoms with van der Waals surface area (Å²) in [5.74, 6) is 0.784. The number of hydrogen-bond donors (Lipinski definition) is 3. The van der Waals surface area contributed by atoms with E-state index in [0.29, 0.717) is 12.8 Å². The molecular weight excluding hydrogens is 370 g/mol. The Morgan fingerprint density at radius 2 is 2.00 bits per heavy atom. The Morgan fingerprint density at radius 3 is 2.62 bits per heavy atom. The van der Waals surface area contributed by atoms with Crippen molar-refractivity contribution >= 4 is 5.57 Å². The van der Waals surface area contributed by atoms with Crippen molar-refractivity contribution in [3.8, 4) is 5.75 Å². The topological polar surface area (TPSA) is 82.4 Å². The van der Waals surface area contributed by atoms with Crippen molar-refractivity contribution in [3.05, 3.63) is 35.4 Å². The molecule has 0 saturated carbocycles. The standard InChI is InChI=1S/C22H35NO4.CH4O/c1-5-6-9-17(11-12-23(3)4)22-16(2)8-7-10-20(22)27-21-14-18(25)13-19(15-24)26-21;1-2/h7-10,18-19,21,24-25H,5-6,11-15H2,1-4H3;2H,1H3/b17-9-;. The first-order chi connectivity index (χ1) is 13.9. The van der Waals surface area contributed by atoms with E-state index in [9.17, 15) is 10.2 Å². The van der Waals surface area contributed by atoms with Crippen molar-refractivity contribution in [1.82, 2.24) is 4.90 Å². The number of aryl methyl sites for hydroxylation is 1. The molecule has 2 rings (SSSR count). The number of hydrogen-bond acceptors (Lipinski definition) is 6. The number of ether oxygens (including phenoxy) is 2. The summed E-state index contributed by atoms with van der Waals surface area (Å²) in [5, 5.41) is 26.5. The van der Waals surface area contributed by atoms with E-state index < -0.39 is 12.4 Å². The number of nitrogens with zero attached hydrogens (tertiary/aromatic N) is 1. The minimum absolute atomic E-state index is 0.109. The van der Waals surface area contributed by atoms with Gasteiger partial charge in [0.2, 0.25) is 6.29 Å². The van der Waals surface area contributed by atoms with Gasteiger partial charge in [-0.1, -0.05) is 31.6 Å². The Hall–Kier alpha value is -1.44. The zero-order valence-electron chi connectivity index (χ0n) is 18.6. The normalized spacial score (nSPS) is 22.2. The van der Waals surface area contributed by atoms with Crippen molar-refractivity contribution in [2.75, 3.05) is 34.4 Å². The van der Waals surface area contributed by atoms with Crippen LogP contribution in [0.1, 0.15) is 50.2 Å². The second-order valence-corrected chi connectivity index (χ2v) is 7.63. The Kier molecular flexibility index (Phi) is 12.1. The molecule has 0 aliphatic carbocycles. The van der Waals surface area contributed by atoms with Gasteiger partial charge >= 0.3 is 0 Å². The Labute approximate surface area is 175 Å². The largest absolute Gasteiger partial charge is 0.464 e. The first kappa shape index (κ1) is 25.6. The minimum atomic E-state index is -0.548. The summed E-state index contributed by atoms with van der Waals surface area (Å²) in [6, 6.07) is 6.06. The van der Waals surface area contributed by atoms with Crippen molar-refractivity contribution in [1.29, 1.82) is 0 Å². The van der Waals surface area contributed by atoms with Gasteiger partial charge in [-0.25, -0.2) is 0 Å². The molecular formula is C23H39NO5. The molecule has 0 amide bonds. The average molecular weight is 410 g/mol. The predicted molar refractivity (Wildman–Crippen MR) is 117 cm³/mol. The van der Waals surface area contributed by atoms with E-state index in [1.807, 2.05) is 12.1 Å². The number of allylic oxidation sites excluding steroid dienone is 1. The van der Waals surface area contributed by atoms with Gasteiger partial charge in [0.15, 0.2) is 0 Å². The number of rotatable bonds is 9. The molecule has 1 aliphatic rings. The molecule has 1 saturated heterocycles. The van der Waals surface area contributed by atoms with Gasteiger partial charge in [-0.2, -0.15) is 0 Å². The Morgan fingerprint density at radius 1 is 1.28 bits per heavy atom. The van der Waals surface area contributed by atoms with Crippen LogP contribution in [0.2, 0.25) is 0 Å². The second-order valence-electron chi connectivity index (χ2n) is 7.63. The predicted octanol–water partition coefficient (Wildman–Crippen LogP) is 2.98. The Bertz CT molecular complexity index is 617. The van der Waals surface area contributed by atoms with Crippen molar-refractivity contribution in [2.24, 2.45) is 0 Å². The molecule has 3 N–H and O–H groups in total. The molecule has 166 valence electrons. The highest BCUT2D eigenvalue weighted by Gasteiger charge is 2.30. The molecule has 0 radical (unpaired) electrons. The fraction of sp³-hybridized carbons (Fsp3) is 0.652. The molecule has 1 aliphatic heterocycles. The third kappa shape index (κ3) is 8.44. The zero-order valence-corrected chi connectivity index (χ0v) is 18.6. The highest BCUT2D eigenvalue weighted by atomic mass is 16.7.